The van der Waals surface area contributed by atoms with Crippen LogP contribution in [0.4, 0.5) is 0 Å². The highest BCUT2D eigenvalue weighted by molar-refractivity contribution is 5.76. The first kappa shape index (κ1) is 17.4. The summed E-state index contributed by atoms with van der Waals surface area (Å²) in [7, 11) is 3.38. The summed E-state index contributed by atoms with van der Waals surface area (Å²) in [5.41, 5.74) is 1.07. The maximum Gasteiger partial charge on any atom is 0.323 e. The van der Waals surface area contributed by atoms with Crippen molar-refractivity contribution in [2.75, 3.05) is 20.8 Å². The van der Waals surface area contributed by atoms with Crippen LogP contribution in [0.15, 0.2) is 24.3 Å². The van der Waals surface area contributed by atoms with Crippen molar-refractivity contribution in [2.45, 2.75) is 33.2 Å². The van der Waals surface area contributed by atoms with Gasteiger partial charge in [-0.3, -0.25) is 4.79 Å². The van der Waals surface area contributed by atoms with E-state index in [1.807, 2.05) is 38.1 Å². The van der Waals surface area contributed by atoms with Crippen LogP contribution >= 0.6 is 0 Å². The van der Waals surface area contributed by atoms with Gasteiger partial charge in [0.05, 0.1) is 13.7 Å². The van der Waals surface area contributed by atoms with Gasteiger partial charge in [0, 0.05) is 0 Å². The predicted molar refractivity (Wildman–Crippen MR) is 77.5 cm³/mol. The molecule has 1 unspecified atom stereocenters. The third kappa shape index (κ3) is 6.25. The maximum absolute atomic E-state index is 11.6. The lowest BCUT2D eigenvalue weighted by atomic mass is 10.1. The minimum atomic E-state index is -0.302. The van der Waals surface area contributed by atoms with Gasteiger partial charge in [-0.15, -0.1) is 0 Å². The Hall–Kier alpha value is -1.55. The van der Waals surface area contributed by atoms with Crippen molar-refractivity contribution in [1.29, 1.82) is 0 Å². The summed E-state index contributed by atoms with van der Waals surface area (Å²) in [6, 6.07) is 7.36. The quantitative estimate of drug-likeness (QED) is 0.804. The molecule has 1 N–H and O–H groups in total. The number of likely N-dealkylation sites (N-methyl/N-ethyl adjacent to an activating group) is 1. The molecule has 0 bridgehead atoms. The zero-order chi connectivity index (χ0) is 14.7. The van der Waals surface area contributed by atoms with Crippen LogP contribution in [-0.4, -0.2) is 32.8 Å². The summed E-state index contributed by atoms with van der Waals surface area (Å²) in [5, 5.41) is 2.96. The van der Waals surface area contributed by atoms with Crippen LogP contribution in [-0.2, 0) is 16.0 Å². The van der Waals surface area contributed by atoms with E-state index in [9.17, 15) is 4.79 Å². The molecular formula is C15H25NO3. The third-order valence-corrected chi connectivity index (χ3v) is 2.52. The van der Waals surface area contributed by atoms with E-state index in [1.54, 1.807) is 21.1 Å². The van der Waals surface area contributed by atoms with Crippen LogP contribution in [0, 0.1) is 0 Å². The van der Waals surface area contributed by atoms with Gasteiger partial charge in [-0.1, -0.05) is 26.0 Å². The van der Waals surface area contributed by atoms with Gasteiger partial charge in [0.1, 0.15) is 11.8 Å². The van der Waals surface area contributed by atoms with E-state index in [2.05, 4.69) is 5.32 Å². The van der Waals surface area contributed by atoms with Gasteiger partial charge in [0.25, 0.3) is 0 Å². The highest BCUT2D eigenvalue weighted by atomic mass is 16.5. The fourth-order valence-electron chi connectivity index (χ4n) is 1.54. The van der Waals surface area contributed by atoms with Crippen molar-refractivity contribution in [1.82, 2.24) is 5.32 Å². The Bertz CT molecular complexity index is 349. The molecule has 1 rings (SSSR count). The van der Waals surface area contributed by atoms with Crippen molar-refractivity contribution in [3.8, 4) is 5.75 Å². The Morgan fingerprint density at radius 3 is 2.26 bits per heavy atom. The molecule has 1 aromatic rings. The van der Waals surface area contributed by atoms with Crippen molar-refractivity contribution in [2.24, 2.45) is 0 Å². The van der Waals surface area contributed by atoms with Gasteiger partial charge in [-0.2, -0.15) is 0 Å². The lowest BCUT2D eigenvalue weighted by Gasteiger charge is -2.14. The molecule has 0 aliphatic carbocycles. The van der Waals surface area contributed by atoms with Gasteiger partial charge in [-0.05, 0) is 38.1 Å². The number of methoxy groups -OCH3 is 1. The normalized spacial score (nSPS) is 11.0. The molecule has 0 aliphatic rings. The molecular weight excluding hydrogens is 242 g/mol. The van der Waals surface area contributed by atoms with Crippen LogP contribution in [0.1, 0.15) is 26.3 Å². The Balaban J connectivity index is 0.00000154. The molecule has 0 aliphatic heterocycles. The highest BCUT2D eigenvalue weighted by Gasteiger charge is 2.17. The molecule has 4 nitrogen and oxygen atoms in total. The fourth-order valence-corrected chi connectivity index (χ4v) is 1.54. The number of ether oxygens (including phenoxy) is 2. The van der Waals surface area contributed by atoms with E-state index >= 15 is 0 Å². The van der Waals surface area contributed by atoms with Crippen molar-refractivity contribution in [3.63, 3.8) is 0 Å². The van der Waals surface area contributed by atoms with Crippen LogP contribution < -0.4 is 10.1 Å². The van der Waals surface area contributed by atoms with Gasteiger partial charge >= 0.3 is 5.97 Å². The van der Waals surface area contributed by atoms with Crippen LogP contribution in [0.2, 0.25) is 0 Å². The topological polar surface area (TPSA) is 47.6 Å². The number of carbonyl (C=O) groups excluding carboxylic acids is 1. The number of benzene rings is 1. The minimum absolute atomic E-state index is 0.217. The number of esters is 1. The Labute approximate surface area is 116 Å². The van der Waals surface area contributed by atoms with Crippen molar-refractivity contribution < 1.29 is 14.3 Å². The molecule has 0 amide bonds. The first-order valence-electron chi connectivity index (χ1n) is 6.68. The van der Waals surface area contributed by atoms with E-state index in [4.69, 9.17) is 9.47 Å². The monoisotopic (exact) mass is 267 g/mol. The molecule has 108 valence electrons. The third-order valence-electron chi connectivity index (χ3n) is 2.52. The molecule has 0 radical (unpaired) electrons. The van der Waals surface area contributed by atoms with E-state index in [-0.39, 0.29) is 12.0 Å². The van der Waals surface area contributed by atoms with Gasteiger partial charge in [0.15, 0.2) is 0 Å². The molecule has 0 heterocycles. The van der Waals surface area contributed by atoms with Gasteiger partial charge in [-0.25, -0.2) is 0 Å². The Kier molecular flexibility index (Phi) is 9.53. The van der Waals surface area contributed by atoms with Gasteiger partial charge < -0.3 is 14.8 Å². The number of hydrogen-bond acceptors (Lipinski definition) is 4. The van der Waals surface area contributed by atoms with E-state index in [0.717, 1.165) is 11.3 Å². The van der Waals surface area contributed by atoms with E-state index in [1.165, 1.54) is 0 Å². The van der Waals surface area contributed by atoms with Crippen LogP contribution in [0.3, 0.4) is 0 Å². The summed E-state index contributed by atoms with van der Waals surface area (Å²) < 4.78 is 10.1. The number of nitrogens with one attached hydrogen (secondary N) is 1. The lowest BCUT2D eigenvalue weighted by Crippen LogP contribution is -2.37. The Morgan fingerprint density at radius 1 is 1.26 bits per heavy atom. The number of rotatable bonds is 6. The predicted octanol–water partition coefficient (Wildman–Crippen LogP) is 2.42. The minimum Gasteiger partial charge on any atom is -0.497 e. The van der Waals surface area contributed by atoms with Crippen LogP contribution in [0.5, 0.6) is 5.75 Å². The summed E-state index contributed by atoms with van der Waals surface area (Å²) in [5.74, 6) is 0.594. The van der Waals surface area contributed by atoms with Crippen LogP contribution in [0.25, 0.3) is 0 Å². The van der Waals surface area contributed by atoms with Crippen molar-refractivity contribution >= 4 is 5.97 Å². The zero-order valence-corrected chi connectivity index (χ0v) is 12.5. The summed E-state index contributed by atoms with van der Waals surface area (Å²) in [6.07, 6.45) is 0.610. The molecule has 19 heavy (non-hydrogen) atoms. The average Bonchev–Trinajstić information content (AvgIpc) is 2.47. The molecule has 1 atom stereocenters. The molecule has 4 heteroatoms. The standard InChI is InChI=1S/C13H19NO3.C2H6/c1-4-17-13(15)12(14-2)9-10-5-7-11(16-3)8-6-10;1-2/h5-8,12,14H,4,9H2,1-3H3;1-2H3. The summed E-state index contributed by atoms with van der Waals surface area (Å²) in [6.45, 7) is 6.21. The largest absolute Gasteiger partial charge is 0.497 e. The maximum atomic E-state index is 11.6. The summed E-state index contributed by atoms with van der Waals surface area (Å²) >= 11 is 0. The lowest BCUT2D eigenvalue weighted by molar-refractivity contribution is -0.145. The average molecular weight is 267 g/mol. The fraction of sp³-hybridized carbons (Fsp3) is 0.533. The van der Waals surface area contributed by atoms with E-state index < -0.39 is 0 Å². The smallest absolute Gasteiger partial charge is 0.323 e. The molecule has 0 fully saturated rings. The Morgan fingerprint density at radius 2 is 1.84 bits per heavy atom. The molecule has 0 saturated carbocycles. The second kappa shape index (κ2) is 10.4. The first-order chi connectivity index (χ1) is 9.21. The van der Waals surface area contributed by atoms with Crippen molar-refractivity contribution in [3.05, 3.63) is 29.8 Å². The number of carbonyl (C=O) groups is 1. The molecule has 1 aromatic carbocycles. The highest BCUT2D eigenvalue weighted by Crippen LogP contribution is 2.13. The van der Waals surface area contributed by atoms with E-state index in [0.29, 0.717) is 13.0 Å². The first-order valence-corrected chi connectivity index (χ1v) is 6.68. The second-order valence-corrected chi connectivity index (χ2v) is 3.65. The summed E-state index contributed by atoms with van der Waals surface area (Å²) in [4.78, 5) is 11.6. The number of hydrogen-bond donors (Lipinski definition) is 1. The molecule has 0 aromatic heterocycles. The molecule has 0 saturated heterocycles. The molecule has 0 spiro atoms. The zero-order valence-electron chi connectivity index (χ0n) is 12.5. The SMILES string of the molecule is CC.CCOC(=O)C(Cc1ccc(OC)cc1)NC. The van der Waals surface area contributed by atoms with Gasteiger partial charge in [0.2, 0.25) is 0 Å². The second-order valence-electron chi connectivity index (χ2n) is 3.65.